The molecule has 1 rings (SSSR count). The molecule has 0 amide bonds. The summed E-state index contributed by atoms with van der Waals surface area (Å²) in [5.41, 5.74) is 0.547. The van der Waals surface area contributed by atoms with Gasteiger partial charge in [-0.25, -0.2) is 0 Å². The minimum atomic E-state index is 0.390. The highest BCUT2D eigenvalue weighted by Gasteiger charge is 2.45. The molecule has 0 radical (unpaired) electrons. The highest BCUT2D eigenvalue weighted by Crippen LogP contribution is 2.54. The van der Waals surface area contributed by atoms with E-state index in [2.05, 4.69) is 20.8 Å². The molecule has 66 valence electrons. The standard InChI is InChI=1S/C10H19Cl/c1-8(2)4-5-10(6-7-10)9(3)11/h8-9H,4-7H2,1-3H3. The minimum Gasteiger partial charge on any atom is -0.123 e. The molecular weight excluding hydrogens is 156 g/mol. The van der Waals surface area contributed by atoms with Crippen molar-refractivity contribution in [2.24, 2.45) is 11.3 Å². The van der Waals surface area contributed by atoms with Gasteiger partial charge in [-0.3, -0.25) is 0 Å². The average molecular weight is 175 g/mol. The van der Waals surface area contributed by atoms with E-state index < -0.39 is 0 Å². The van der Waals surface area contributed by atoms with Crippen LogP contribution in [-0.2, 0) is 0 Å². The molecule has 0 aromatic rings. The molecule has 0 bridgehead atoms. The lowest BCUT2D eigenvalue weighted by Crippen LogP contribution is -2.13. The molecule has 0 heterocycles. The van der Waals surface area contributed by atoms with Crippen molar-refractivity contribution in [2.75, 3.05) is 0 Å². The van der Waals surface area contributed by atoms with Crippen LogP contribution >= 0.6 is 11.6 Å². The van der Waals surface area contributed by atoms with Crippen LogP contribution in [0, 0.1) is 11.3 Å². The lowest BCUT2D eigenvalue weighted by Gasteiger charge is -2.18. The number of hydrogen-bond donors (Lipinski definition) is 0. The molecule has 0 aromatic carbocycles. The second-order valence-electron chi connectivity index (χ2n) is 4.41. The van der Waals surface area contributed by atoms with Crippen molar-refractivity contribution in [3.8, 4) is 0 Å². The van der Waals surface area contributed by atoms with Gasteiger partial charge < -0.3 is 0 Å². The quantitative estimate of drug-likeness (QED) is 0.569. The molecule has 0 nitrogen and oxygen atoms in total. The van der Waals surface area contributed by atoms with Gasteiger partial charge in [0.15, 0.2) is 0 Å². The molecule has 0 N–H and O–H groups in total. The third kappa shape index (κ3) is 2.37. The maximum Gasteiger partial charge on any atom is 0.0364 e. The third-order valence-electron chi connectivity index (χ3n) is 2.96. The SMILES string of the molecule is CC(C)CCC1(C(C)Cl)CC1. The predicted octanol–water partition coefficient (Wildman–Crippen LogP) is 3.83. The summed E-state index contributed by atoms with van der Waals surface area (Å²) in [5, 5.41) is 0.390. The van der Waals surface area contributed by atoms with Crippen molar-refractivity contribution in [2.45, 2.75) is 51.8 Å². The lowest BCUT2D eigenvalue weighted by molar-refractivity contribution is 0.399. The summed E-state index contributed by atoms with van der Waals surface area (Å²) < 4.78 is 0. The van der Waals surface area contributed by atoms with Crippen LogP contribution in [0.1, 0.15) is 46.5 Å². The zero-order chi connectivity index (χ0) is 8.48. The van der Waals surface area contributed by atoms with Gasteiger partial charge in [-0.2, -0.15) is 0 Å². The van der Waals surface area contributed by atoms with Crippen LogP contribution in [0.4, 0.5) is 0 Å². The second kappa shape index (κ2) is 3.35. The fourth-order valence-corrected chi connectivity index (χ4v) is 1.91. The Morgan fingerprint density at radius 2 is 1.82 bits per heavy atom. The predicted molar refractivity (Wildman–Crippen MR) is 51.1 cm³/mol. The summed E-state index contributed by atoms with van der Waals surface area (Å²) in [4.78, 5) is 0. The molecule has 0 saturated heterocycles. The first kappa shape index (κ1) is 9.38. The Bertz CT molecular complexity index is 123. The van der Waals surface area contributed by atoms with E-state index >= 15 is 0 Å². The van der Waals surface area contributed by atoms with E-state index in [1.807, 2.05) is 0 Å². The van der Waals surface area contributed by atoms with Gasteiger partial charge in [-0.15, -0.1) is 11.6 Å². The third-order valence-corrected chi connectivity index (χ3v) is 3.42. The van der Waals surface area contributed by atoms with Crippen LogP contribution in [0.5, 0.6) is 0 Å². The van der Waals surface area contributed by atoms with Crippen molar-refractivity contribution in [3.05, 3.63) is 0 Å². The van der Waals surface area contributed by atoms with Crippen LogP contribution in [-0.4, -0.2) is 5.38 Å². The van der Waals surface area contributed by atoms with E-state index in [9.17, 15) is 0 Å². The fraction of sp³-hybridized carbons (Fsp3) is 1.00. The molecule has 0 aliphatic heterocycles. The van der Waals surface area contributed by atoms with Crippen LogP contribution < -0.4 is 0 Å². The molecule has 0 spiro atoms. The van der Waals surface area contributed by atoms with Crippen LogP contribution in [0.15, 0.2) is 0 Å². The van der Waals surface area contributed by atoms with Crippen molar-refractivity contribution < 1.29 is 0 Å². The van der Waals surface area contributed by atoms with E-state index in [0.717, 1.165) is 5.92 Å². The number of rotatable bonds is 4. The summed E-state index contributed by atoms with van der Waals surface area (Å²) in [6.45, 7) is 6.72. The van der Waals surface area contributed by atoms with Gasteiger partial charge >= 0.3 is 0 Å². The van der Waals surface area contributed by atoms with Crippen molar-refractivity contribution in [3.63, 3.8) is 0 Å². The van der Waals surface area contributed by atoms with E-state index in [1.54, 1.807) is 0 Å². The Hall–Kier alpha value is 0.290. The van der Waals surface area contributed by atoms with E-state index in [1.165, 1.54) is 25.7 Å². The van der Waals surface area contributed by atoms with E-state index in [-0.39, 0.29) is 0 Å². The summed E-state index contributed by atoms with van der Waals surface area (Å²) in [6.07, 6.45) is 5.42. The first-order valence-electron chi connectivity index (χ1n) is 4.71. The Morgan fingerprint density at radius 3 is 2.09 bits per heavy atom. The van der Waals surface area contributed by atoms with Gasteiger partial charge in [0.1, 0.15) is 0 Å². The number of halogens is 1. The van der Waals surface area contributed by atoms with Crippen molar-refractivity contribution >= 4 is 11.6 Å². The van der Waals surface area contributed by atoms with E-state index in [0.29, 0.717) is 10.8 Å². The maximum atomic E-state index is 6.12. The Kier molecular flexibility index (Phi) is 2.85. The van der Waals surface area contributed by atoms with Crippen molar-refractivity contribution in [1.29, 1.82) is 0 Å². The molecule has 1 aliphatic rings. The largest absolute Gasteiger partial charge is 0.123 e. The van der Waals surface area contributed by atoms with Crippen LogP contribution in [0.3, 0.4) is 0 Å². The Labute approximate surface area is 75.3 Å². The van der Waals surface area contributed by atoms with Crippen LogP contribution in [0.25, 0.3) is 0 Å². The fourth-order valence-electron chi connectivity index (χ4n) is 1.58. The summed E-state index contributed by atoms with van der Waals surface area (Å²) in [6, 6.07) is 0. The highest BCUT2D eigenvalue weighted by atomic mass is 35.5. The van der Waals surface area contributed by atoms with Gasteiger partial charge in [-0.05, 0) is 37.5 Å². The smallest absolute Gasteiger partial charge is 0.0364 e. The summed E-state index contributed by atoms with van der Waals surface area (Å²) in [7, 11) is 0. The van der Waals surface area contributed by atoms with E-state index in [4.69, 9.17) is 11.6 Å². The number of hydrogen-bond acceptors (Lipinski definition) is 0. The van der Waals surface area contributed by atoms with Gasteiger partial charge in [0.2, 0.25) is 0 Å². The summed E-state index contributed by atoms with van der Waals surface area (Å²) in [5.74, 6) is 0.836. The number of alkyl halides is 1. The molecule has 1 heteroatoms. The van der Waals surface area contributed by atoms with Gasteiger partial charge in [0, 0.05) is 5.38 Å². The molecule has 1 atom stereocenters. The first-order valence-corrected chi connectivity index (χ1v) is 5.14. The molecule has 1 unspecified atom stereocenters. The van der Waals surface area contributed by atoms with Gasteiger partial charge in [-0.1, -0.05) is 20.3 Å². The molecule has 1 fully saturated rings. The minimum absolute atomic E-state index is 0.390. The summed E-state index contributed by atoms with van der Waals surface area (Å²) >= 11 is 6.12. The monoisotopic (exact) mass is 174 g/mol. The van der Waals surface area contributed by atoms with Gasteiger partial charge in [0.25, 0.3) is 0 Å². The van der Waals surface area contributed by atoms with Gasteiger partial charge in [0.05, 0.1) is 0 Å². The lowest BCUT2D eigenvalue weighted by atomic mass is 9.93. The molecular formula is C10H19Cl. The average Bonchev–Trinajstić information content (AvgIpc) is 2.63. The highest BCUT2D eigenvalue weighted by molar-refractivity contribution is 6.21. The zero-order valence-electron chi connectivity index (χ0n) is 7.86. The topological polar surface area (TPSA) is 0 Å². The second-order valence-corrected chi connectivity index (χ2v) is 5.07. The molecule has 0 aromatic heterocycles. The molecule has 1 aliphatic carbocycles. The molecule has 1 saturated carbocycles. The maximum absolute atomic E-state index is 6.12. The first-order chi connectivity index (χ1) is 5.07. The Balaban J connectivity index is 2.25. The zero-order valence-corrected chi connectivity index (χ0v) is 8.62. The normalized spacial score (nSPS) is 23.7. The van der Waals surface area contributed by atoms with Crippen molar-refractivity contribution in [1.82, 2.24) is 0 Å². The molecule has 11 heavy (non-hydrogen) atoms. The van der Waals surface area contributed by atoms with Crippen LogP contribution in [0.2, 0.25) is 0 Å². The Morgan fingerprint density at radius 1 is 1.27 bits per heavy atom.